The van der Waals surface area contributed by atoms with Gasteiger partial charge in [0.05, 0.1) is 0 Å². The van der Waals surface area contributed by atoms with Gasteiger partial charge in [0.15, 0.2) is 0 Å². The normalized spacial score (nSPS) is 27.2. The van der Waals surface area contributed by atoms with Crippen molar-refractivity contribution in [2.75, 3.05) is 0 Å². The Morgan fingerprint density at radius 2 is 0.700 bits per heavy atom. The summed E-state index contributed by atoms with van der Waals surface area (Å²) in [5, 5.41) is 14.3. The molecule has 0 radical (unpaired) electrons. The zero-order valence-corrected chi connectivity index (χ0v) is 26.4. The van der Waals surface area contributed by atoms with Crippen LogP contribution in [0.15, 0.2) is 0 Å². The lowest BCUT2D eigenvalue weighted by Crippen LogP contribution is -2.59. The molecule has 1 aliphatic heterocycles. The van der Waals surface area contributed by atoms with E-state index in [1.54, 1.807) is 0 Å². The van der Waals surface area contributed by atoms with Crippen LogP contribution in [-0.2, 0) is 24.0 Å². The van der Waals surface area contributed by atoms with E-state index in [0.717, 1.165) is 0 Å². The summed E-state index contributed by atoms with van der Waals surface area (Å²) in [6.07, 6.45) is 2.32. The summed E-state index contributed by atoms with van der Waals surface area (Å²) in [6.45, 7) is 19.3. The van der Waals surface area contributed by atoms with Crippen LogP contribution in [0.2, 0.25) is 0 Å². The van der Waals surface area contributed by atoms with Crippen molar-refractivity contribution < 1.29 is 24.0 Å². The van der Waals surface area contributed by atoms with Gasteiger partial charge < -0.3 is 26.6 Å². The minimum atomic E-state index is -0.895. The van der Waals surface area contributed by atoms with Crippen LogP contribution in [0.1, 0.15) is 101 Å². The summed E-state index contributed by atoms with van der Waals surface area (Å²) >= 11 is 0. The zero-order chi connectivity index (χ0) is 30.7. The fraction of sp³-hybridized carbons (Fsp3) is 0.833. The van der Waals surface area contributed by atoms with Gasteiger partial charge in [-0.2, -0.15) is 0 Å². The van der Waals surface area contributed by atoms with Crippen LogP contribution in [0.25, 0.3) is 0 Å². The van der Waals surface area contributed by atoms with Crippen molar-refractivity contribution in [2.24, 2.45) is 29.6 Å². The maximum Gasteiger partial charge on any atom is 0.243 e. The van der Waals surface area contributed by atoms with E-state index in [0.29, 0.717) is 32.1 Å². The number of carbonyl (C=O) groups is 5. The summed E-state index contributed by atoms with van der Waals surface area (Å²) in [5.74, 6) is -2.51. The largest absolute Gasteiger partial charge is 0.343 e. The van der Waals surface area contributed by atoms with Crippen LogP contribution >= 0.6 is 0 Å². The summed E-state index contributed by atoms with van der Waals surface area (Å²) in [5.41, 5.74) is 0. The van der Waals surface area contributed by atoms with E-state index in [1.165, 1.54) is 0 Å². The summed E-state index contributed by atoms with van der Waals surface area (Å²) in [4.78, 5) is 67.7. The van der Waals surface area contributed by atoms with E-state index >= 15 is 0 Å². The molecule has 7 unspecified atom stereocenters. The molecule has 0 aromatic rings. The number of nitrogens with one attached hydrogen (secondary N) is 5. The van der Waals surface area contributed by atoms with Crippen LogP contribution in [0.5, 0.6) is 0 Å². The first-order valence-electron chi connectivity index (χ1n) is 15.1. The fourth-order valence-electron chi connectivity index (χ4n) is 4.82. The number of hydrogen-bond donors (Lipinski definition) is 5. The Hall–Kier alpha value is -2.65. The maximum absolute atomic E-state index is 13.6. The lowest BCUT2D eigenvalue weighted by Gasteiger charge is -2.30. The highest BCUT2D eigenvalue weighted by Crippen LogP contribution is 2.16. The molecule has 1 saturated heterocycles. The van der Waals surface area contributed by atoms with E-state index in [-0.39, 0.29) is 29.6 Å². The van der Waals surface area contributed by atoms with Crippen LogP contribution in [0, 0.1) is 29.6 Å². The third kappa shape index (κ3) is 11.1. The topological polar surface area (TPSA) is 146 Å². The Bertz CT molecular complexity index is 859. The van der Waals surface area contributed by atoms with Gasteiger partial charge in [0.2, 0.25) is 29.5 Å². The van der Waals surface area contributed by atoms with Gasteiger partial charge in [-0.15, -0.1) is 0 Å². The molecule has 5 amide bonds. The van der Waals surface area contributed by atoms with Crippen LogP contribution in [0.4, 0.5) is 0 Å². The molecule has 5 N–H and O–H groups in total. The molecule has 40 heavy (non-hydrogen) atoms. The summed E-state index contributed by atoms with van der Waals surface area (Å²) in [7, 11) is 0. The molecule has 1 aliphatic rings. The predicted octanol–water partition coefficient (Wildman–Crippen LogP) is 2.65. The molecule has 1 rings (SSSR count). The third-order valence-electron chi connectivity index (χ3n) is 7.61. The van der Waals surface area contributed by atoms with E-state index in [4.69, 9.17) is 0 Å². The van der Waals surface area contributed by atoms with Crippen molar-refractivity contribution in [1.29, 1.82) is 0 Å². The van der Waals surface area contributed by atoms with Gasteiger partial charge in [-0.05, 0) is 48.9 Å². The van der Waals surface area contributed by atoms with Gasteiger partial charge in [0.1, 0.15) is 30.2 Å². The first-order valence-corrected chi connectivity index (χ1v) is 15.1. The molecule has 1 fully saturated rings. The van der Waals surface area contributed by atoms with Gasteiger partial charge in [0.25, 0.3) is 0 Å². The van der Waals surface area contributed by atoms with Crippen molar-refractivity contribution in [3.63, 3.8) is 0 Å². The van der Waals surface area contributed by atoms with Gasteiger partial charge in [-0.1, -0.05) is 82.1 Å². The van der Waals surface area contributed by atoms with Gasteiger partial charge >= 0.3 is 0 Å². The fourth-order valence-corrected chi connectivity index (χ4v) is 4.82. The van der Waals surface area contributed by atoms with Crippen molar-refractivity contribution in [3.05, 3.63) is 0 Å². The smallest absolute Gasteiger partial charge is 0.243 e. The second-order valence-corrected chi connectivity index (χ2v) is 12.8. The van der Waals surface area contributed by atoms with Crippen molar-refractivity contribution in [1.82, 2.24) is 26.6 Å². The average Bonchev–Trinajstić information content (AvgIpc) is 2.86. The molecule has 0 aliphatic carbocycles. The number of amides is 5. The minimum absolute atomic E-state index is 0.0818. The van der Waals surface area contributed by atoms with E-state index in [9.17, 15) is 24.0 Å². The van der Waals surface area contributed by atoms with Gasteiger partial charge in [-0.3, -0.25) is 24.0 Å². The van der Waals surface area contributed by atoms with E-state index < -0.39 is 59.7 Å². The van der Waals surface area contributed by atoms with Crippen molar-refractivity contribution in [2.45, 2.75) is 132 Å². The molecule has 1 heterocycles. The number of hydrogen-bond acceptors (Lipinski definition) is 5. The highest BCUT2D eigenvalue weighted by atomic mass is 16.2. The molecule has 7 atom stereocenters. The zero-order valence-electron chi connectivity index (χ0n) is 26.4. The van der Waals surface area contributed by atoms with Crippen LogP contribution < -0.4 is 26.6 Å². The first-order chi connectivity index (χ1) is 18.6. The van der Waals surface area contributed by atoms with Crippen molar-refractivity contribution in [3.8, 4) is 0 Å². The second kappa shape index (κ2) is 16.6. The Kier molecular flexibility index (Phi) is 14.7. The molecule has 0 aromatic carbocycles. The lowest BCUT2D eigenvalue weighted by molar-refractivity contribution is -0.135. The maximum atomic E-state index is 13.6. The highest BCUT2D eigenvalue weighted by Gasteiger charge is 2.37. The van der Waals surface area contributed by atoms with Crippen LogP contribution in [0.3, 0.4) is 0 Å². The summed E-state index contributed by atoms with van der Waals surface area (Å²) < 4.78 is 0. The number of carbonyl (C=O) groups excluding carboxylic acids is 5. The molecule has 10 heteroatoms. The molecule has 0 bridgehead atoms. The van der Waals surface area contributed by atoms with Gasteiger partial charge in [-0.25, -0.2) is 0 Å². The highest BCUT2D eigenvalue weighted by molar-refractivity contribution is 5.98. The van der Waals surface area contributed by atoms with Crippen LogP contribution in [-0.4, -0.2) is 59.7 Å². The van der Waals surface area contributed by atoms with E-state index in [1.807, 2.05) is 69.2 Å². The molecule has 230 valence electrons. The molecular formula is C30H55N5O5. The monoisotopic (exact) mass is 565 g/mol. The SMILES string of the molecule is CCC(C)C1NC(=O)C(CC(C)C)NC(=O)C(C(C)CC)NC(=O)C(CC(C)C)NC(=O)C(CC(C)C)NC1=O. The molecule has 0 saturated carbocycles. The molecule has 0 spiro atoms. The third-order valence-corrected chi connectivity index (χ3v) is 7.61. The summed E-state index contributed by atoms with van der Waals surface area (Å²) in [6, 6.07) is -4.46. The van der Waals surface area contributed by atoms with Gasteiger partial charge in [0, 0.05) is 0 Å². The Morgan fingerprint density at radius 3 is 0.950 bits per heavy atom. The quantitative estimate of drug-likeness (QED) is 0.277. The van der Waals surface area contributed by atoms with Crippen molar-refractivity contribution >= 4 is 29.5 Å². The lowest BCUT2D eigenvalue weighted by atomic mass is 9.95. The average molecular weight is 566 g/mol. The Labute approximate surface area is 241 Å². The minimum Gasteiger partial charge on any atom is -0.343 e. The standard InChI is InChI=1S/C30H55N5O5/c1-11-19(9)24-29(39)32-21(13-16(3)4)26(36)31-22(14-17(5)6)27(37)34-25(20(10)12-2)30(40)33-23(15-18(7)8)28(38)35-24/h16-25H,11-15H2,1-10H3,(H,31,36)(H,32,39)(H,33,40)(H,34,37)(H,35,38). The molecular weight excluding hydrogens is 510 g/mol. The predicted molar refractivity (Wildman–Crippen MR) is 157 cm³/mol. The first kappa shape index (κ1) is 35.4. The Morgan fingerprint density at radius 1 is 0.450 bits per heavy atom. The Balaban J connectivity index is 3.67. The van der Waals surface area contributed by atoms with E-state index in [2.05, 4.69) is 26.6 Å². The number of rotatable bonds is 10. The second-order valence-electron chi connectivity index (χ2n) is 12.8. The molecule has 0 aromatic heterocycles. The molecule has 10 nitrogen and oxygen atoms in total.